The van der Waals surface area contributed by atoms with Crippen molar-refractivity contribution >= 4 is 5.69 Å². The van der Waals surface area contributed by atoms with E-state index in [2.05, 4.69) is 62.2 Å². The Morgan fingerprint density at radius 2 is 1.89 bits per heavy atom. The van der Waals surface area contributed by atoms with Crippen LogP contribution in [-0.4, -0.2) is 25.7 Å². The van der Waals surface area contributed by atoms with Gasteiger partial charge in [0.2, 0.25) is 0 Å². The van der Waals surface area contributed by atoms with Gasteiger partial charge in [-0.3, -0.25) is 0 Å². The Hall–Kier alpha value is -1.02. The van der Waals surface area contributed by atoms with Crippen LogP contribution in [0.15, 0.2) is 24.3 Å². The number of hydrogen-bond acceptors (Lipinski definition) is 2. The third-order valence-electron chi connectivity index (χ3n) is 3.89. The maximum absolute atomic E-state index is 3.60. The fourth-order valence-electron chi connectivity index (χ4n) is 2.86. The summed E-state index contributed by atoms with van der Waals surface area (Å²) in [4.78, 5) is 2.57. The van der Waals surface area contributed by atoms with Crippen LogP contribution in [0.1, 0.15) is 46.1 Å². The van der Waals surface area contributed by atoms with Gasteiger partial charge in [0.25, 0.3) is 0 Å². The maximum Gasteiger partial charge on any atom is 0.0404 e. The molecule has 1 aliphatic rings. The van der Waals surface area contributed by atoms with Crippen molar-refractivity contribution in [2.45, 2.75) is 52.0 Å². The number of rotatable bonds is 1. The average molecular weight is 260 g/mol. The molecule has 1 saturated heterocycles. The van der Waals surface area contributed by atoms with Crippen LogP contribution >= 0.6 is 0 Å². The first-order valence-electron chi connectivity index (χ1n) is 7.56. The van der Waals surface area contributed by atoms with Gasteiger partial charge in [0.15, 0.2) is 0 Å². The molecule has 1 heterocycles. The Balaban J connectivity index is 2.28. The van der Waals surface area contributed by atoms with Crippen molar-refractivity contribution in [3.63, 3.8) is 0 Å². The monoisotopic (exact) mass is 260 g/mol. The first kappa shape index (κ1) is 14.4. The Bertz CT molecular complexity index is 406. The zero-order valence-electron chi connectivity index (χ0n) is 12.9. The molecule has 2 nitrogen and oxygen atoms in total. The van der Waals surface area contributed by atoms with Crippen molar-refractivity contribution in [3.05, 3.63) is 29.8 Å². The van der Waals surface area contributed by atoms with Crippen molar-refractivity contribution in [2.24, 2.45) is 0 Å². The van der Waals surface area contributed by atoms with Gasteiger partial charge >= 0.3 is 0 Å². The van der Waals surface area contributed by atoms with Gasteiger partial charge in [-0.15, -0.1) is 0 Å². The Morgan fingerprint density at radius 3 is 2.63 bits per heavy atom. The van der Waals surface area contributed by atoms with Gasteiger partial charge in [-0.05, 0) is 43.4 Å². The predicted octanol–water partition coefficient (Wildman–Crippen LogP) is 3.56. The smallest absolute Gasteiger partial charge is 0.0404 e. The summed E-state index contributed by atoms with van der Waals surface area (Å²) < 4.78 is 0. The largest absolute Gasteiger partial charge is 0.370 e. The van der Waals surface area contributed by atoms with Crippen molar-refractivity contribution < 1.29 is 0 Å². The molecule has 1 aliphatic heterocycles. The standard InChI is InChI=1S/C17H28N2/c1-14-13-19(12-8-7-11-18-14)16-10-6-5-9-15(16)17(2,3)4/h5-6,9-10,14,18H,7-8,11-13H2,1-4H3. The van der Waals surface area contributed by atoms with E-state index in [0.29, 0.717) is 6.04 Å². The lowest BCUT2D eigenvalue weighted by molar-refractivity contribution is 0.482. The molecule has 0 saturated carbocycles. The average Bonchev–Trinajstić information content (AvgIpc) is 2.32. The summed E-state index contributed by atoms with van der Waals surface area (Å²) in [6.45, 7) is 12.6. The predicted molar refractivity (Wildman–Crippen MR) is 84.1 cm³/mol. The third kappa shape index (κ3) is 3.73. The van der Waals surface area contributed by atoms with Gasteiger partial charge in [0.05, 0.1) is 0 Å². The first-order valence-corrected chi connectivity index (χ1v) is 7.56. The summed E-state index contributed by atoms with van der Waals surface area (Å²) in [7, 11) is 0. The van der Waals surface area contributed by atoms with Gasteiger partial charge in [0, 0.05) is 24.8 Å². The van der Waals surface area contributed by atoms with E-state index in [1.165, 1.54) is 30.6 Å². The molecule has 1 atom stereocenters. The molecule has 1 aromatic rings. The summed E-state index contributed by atoms with van der Waals surface area (Å²) >= 11 is 0. The van der Waals surface area contributed by atoms with Crippen LogP contribution in [0.2, 0.25) is 0 Å². The molecule has 106 valence electrons. The van der Waals surface area contributed by atoms with Crippen LogP contribution in [0, 0.1) is 0 Å². The Kier molecular flexibility index (Phi) is 4.51. The topological polar surface area (TPSA) is 15.3 Å². The number of nitrogens with one attached hydrogen (secondary N) is 1. The first-order chi connectivity index (χ1) is 8.98. The SMILES string of the molecule is CC1CN(c2ccccc2C(C)(C)C)CCCCN1. The number of nitrogens with zero attached hydrogens (tertiary/aromatic N) is 1. The summed E-state index contributed by atoms with van der Waals surface area (Å²) in [6.07, 6.45) is 2.55. The van der Waals surface area contributed by atoms with E-state index >= 15 is 0 Å². The van der Waals surface area contributed by atoms with Gasteiger partial charge in [-0.25, -0.2) is 0 Å². The zero-order chi connectivity index (χ0) is 13.9. The molecular formula is C17H28N2. The van der Waals surface area contributed by atoms with Crippen molar-refractivity contribution in [2.75, 3.05) is 24.5 Å². The van der Waals surface area contributed by atoms with E-state index in [1.54, 1.807) is 0 Å². The molecule has 0 aromatic heterocycles. The summed E-state index contributed by atoms with van der Waals surface area (Å²) in [5.74, 6) is 0. The fraction of sp³-hybridized carbons (Fsp3) is 0.647. The highest BCUT2D eigenvalue weighted by atomic mass is 15.2. The van der Waals surface area contributed by atoms with E-state index in [1.807, 2.05) is 0 Å². The minimum atomic E-state index is 0.204. The van der Waals surface area contributed by atoms with Gasteiger partial charge < -0.3 is 10.2 Å². The Morgan fingerprint density at radius 1 is 1.16 bits per heavy atom. The van der Waals surface area contributed by atoms with E-state index < -0.39 is 0 Å². The van der Waals surface area contributed by atoms with Crippen molar-refractivity contribution in [3.8, 4) is 0 Å². The van der Waals surface area contributed by atoms with E-state index in [4.69, 9.17) is 0 Å². The molecule has 0 radical (unpaired) electrons. The molecule has 1 aromatic carbocycles. The summed E-state index contributed by atoms with van der Waals surface area (Å²) in [5, 5.41) is 3.60. The van der Waals surface area contributed by atoms with Crippen molar-refractivity contribution in [1.82, 2.24) is 5.32 Å². The second kappa shape index (κ2) is 5.96. The third-order valence-corrected chi connectivity index (χ3v) is 3.89. The lowest BCUT2D eigenvalue weighted by atomic mass is 9.85. The maximum atomic E-state index is 3.60. The van der Waals surface area contributed by atoms with Crippen LogP contribution in [0.5, 0.6) is 0 Å². The highest BCUT2D eigenvalue weighted by Gasteiger charge is 2.22. The van der Waals surface area contributed by atoms with Gasteiger partial charge in [0.1, 0.15) is 0 Å². The van der Waals surface area contributed by atoms with Gasteiger partial charge in [-0.2, -0.15) is 0 Å². The normalized spacial score (nSPS) is 21.9. The second-order valence-electron chi connectivity index (χ2n) is 6.78. The minimum Gasteiger partial charge on any atom is -0.370 e. The van der Waals surface area contributed by atoms with Crippen LogP contribution in [0.25, 0.3) is 0 Å². The quantitative estimate of drug-likeness (QED) is 0.830. The molecule has 2 heteroatoms. The minimum absolute atomic E-state index is 0.204. The molecular weight excluding hydrogens is 232 g/mol. The number of para-hydroxylation sites is 1. The number of hydrogen-bond donors (Lipinski definition) is 1. The fourth-order valence-corrected chi connectivity index (χ4v) is 2.86. The summed E-state index contributed by atoms with van der Waals surface area (Å²) in [6, 6.07) is 9.46. The number of anilines is 1. The summed E-state index contributed by atoms with van der Waals surface area (Å²) in [5.41, 5.74) is 3.09. The molecule has 19 heavy (non-hydrogen) atoms. The van der Waals surface area contributed by atoms with Crippen LogP contribution in [0.3, 0.4) is 0 Å². The van der Waals surface area contributed by atoms with E-state index in [-0.39, 0.29) is 5.41 Å². The highest BCUT2D eigenvalue weighted by molar-refractivity contribution is 5.56. The Labute approximate surface area is 118 Å². The lowest BCUT2D eigenvalue weighted by Gasteiger charge is -2.35. The molecule has 1 unspecified atom stereocenters. The highest BCUT2D eigenvalue weighted by Crippen LogP contribution is 2.32. The molecule has 1 N–H and O–H groups in total. The van der Waals surface area contributed by atoms with Crippen LogP contribution in [-0.2, 0) is 5.41 Å². The zero-order valence-corrected chi connectivity index (χ0v) is 12.9. The molecule has 1 fully saturated rings. The number of benzene rings is 1. The molecule has 0 bridgehead atoms. The van der Waals surface area contributed by atoms with Gasteiger partial charge in [-0.1, -0.05) is 39.0 Å². The second-order valence-corrected chi connectivity index (χ2v) is 6.78. The lowest BCUT2D eigenvalue weighted by Crippen LogP contribution is -2.43. The van der Waals surface area contributed by atoms with Crippen LogP contribution < -0.4 is 10.2 Å². The van der Waals surface area contributed by atoms with Crippen molar-refractivity contribution in [1.29, 1.82) is 0 Å². The van der Waals surface area contributed by atoms with E-state index in [9.17, 15) is 0 Å². The van der Waals surface area contributed by atoms with E-state index in [0.717, 1.165) is 13.1 Å². The molecule has 0 aliphatic carbocycles. The molecule has 0 amide bonds. The van der Waals surface area contributed by atoms with Crippen LogP contribution in [0.4, 0.5) is 5.69 Å². The molecule has 2 rings (SSSR count). The molecule has 0 spiro atoms.